The Kier molecular flexibility index (Phi) is 7.10. The molecule has 0 bridgehead atoms. The summed E-state index contributed by atoms with van der Waals surface area (Å²) in [5.41, 5.74) is 7.57. The number of carbonyl (C=O) groups excluding carboxylic acids is 1. The average molecular weight is 266 g/mol. The van der Waals surface area contributed by atoms with Crippen LogP contribution in [0.3, 0.4) is 0 Å². The topological polar surface area (TPSA) is 75.8 Å². The number of nitrogens with two attached hydrogens (primary N) is 1. The fourth-order valence-corrected chi connectivity index (χ4v) is 1.89. The van der Waals surface area contributed by atoms with Gasteiger partial charge >= 0.3 is 0 Å². The molecule has 0 aromatic heterocycles. The molecule has 0 aliphatic rings. The van der Waals surface area contributed by atoms with Crippen molar-refractivity contribution in [2.75, 3.05) is 33.4 Å². The predicted octanol–water partition coefficient (Wildman–Crippen LogP) is 0.155. The summed E-state index contributed by atoms with van der Waals surface area (Å²) < 4.78 is 4.97. The Morgan fingerprint density at radius 3 is 2.58 bits per heavy atom. The second-order valence-corrected chi connectivity index (χ2v) is 4.25. The SMILES string of the molecule is COCCN(CCO)C(=O)Cc1ccccc1CN. The molecule has 0 saturated heterocycles. The fraction of sp³-hybridized carbons (Fsp3) is 0.500. The van der Waals surface area contributed by atoms with Gasteiger partial charge in [-0.05, 0) is 11.1 Å². The maximum absolute atomic E-state index is 12.2. The van der Waals surface area contributed by atoms with Gasteiger partial charge in [-0.25, -0.2) is 0 Å². The van der Waals surface area contributed by atoms with E-state index in [9.17, 15) is 4.79 Å². The van der Waals surface area contributed by atoms with E-state index in [2.05, 4.69) is 0 Å². The van der Waals surface area contributed by atoms with Crippen LogP contribution >= 0.6 is 0 Å². The summed E-state index contributed by atoms with van der Waals surface area (Å²) in [6.07, 6.45) is 0.303. The smallest absolute Gasteiger partial charge is 0.227 e. The van der Waals surface area contributed by atoms with E-state index in [1.807, 2.05) is 24.3 Å². The Hall–Kier alpha value is -1.43. The molecular formula is C14H22N2O3. The van der Waals surface area contributed by atoms with Crippen LogP contribution in [0.15, 0.2) is 24.3 Å². The van der Waals surface area contributed by atoms with Crippen LogP contribution < -0.4 is 5.73 Å². The molecule has 0 spiro atoms. The fourth-order valence-electron chi connectivity index (χ4n) is 1.89. The molecule has 0 heterocycles. The van der Waals surface area contributed by atoms with Crippen molar-refractivity contribution in [2.45, 2.75) is 13.0 Å². The maximum atomic E-state index is 12.2. The highest BCUT2D eigenvalue weighted by Crippen LogP contribution is 2.10. The van der Waals surface area contributed by atoms with Gasteiger partial charge in [-0.3, -0.25) is 4.79 Å². The molecule has 5 nitrogen and oxygen atoms in total. The molecule has 0 atom stereocenters. The highest BCUT2D eigenvalue weighted by molar-refractivity contribution is 5.79. The lowest BCUT2D eigenvalue weighted by molar-refractivity contribution is -0.131. The molecule has 0 radical (unpaired) electrons. The molecule has 0 saturated carbocycles. The number of hydrogen-bond donors (Lipinski definition) is 2. The van der Waals surface area contributed by atoms with Gasteiger partial charge < -0.3 is 20.5 Å². The molecule has 3 N–H and O–H groups in total. The summed E-state index contributed by atoms with van der Waals surface area (Å²) in [6.45, 7) is 1.65. The van der Waals surface area contributed by atoms with E-state index < -0.39 is 0 Å². The summed E-state index contributed by atoms with van der Waals surface area (Å²) in [6, 6.07) is 7.64. The van der Waals surface area contributed by atoms with Crippen LogP contribution in [0.25, 0.3) is 0 Å². The second kappa shape index (κ2) is 8.63. The first-order valence-corrected chi connectivity index (χ1v) is 6.37. The molecule has 106 valence electrons. The monoisotopic (exact) mass is 266 g/mol. The van der Waals surface area contributed by atoms with E-state index in [1.54, 1.807) is 12.0 Å². The number of carbonyl (C=O) groups is 1. The first-order chi connectivity index (χ1) is 9.22. The molecule has 0 aliphatic carbocycles. The standard InChI is InChI=1S/C14H22N2O3/c1-19-9-7-16(6-8-17)14(18)10-12-4-2-3-5-13(12)11-15/h2-5,17H,6-11,15H2,1H3. The molecule has 1 amide bonds. The second-order valence-electron chi connectivity index (χ2n) is 4.25. The minimum Gasteiger partial charge on any atom is -0.395 e. The Labute approximate surface area is 114 Å². The van der Waals surface area contributed by atoms with Crippen LogP contribution in [0, 0.1) is 0 Å². The van der Waals surface area contributed by atoms with E-state index in [0.717, 1.165) is 11.1 Å². The minimum absolute atomic E-state index is 0.0213. The first-order valence-electron chi connectivity index (χ1n) is 6.37. The predicted molar refractivity (Wildman–Crippen MR) is 73.6 cm³/mol. The lowest BCUT2D eigenvalue weighted by Gasteiger charge is -2.22. The van der Waals surface area contributed by atoms with Crippen LogP contribution in [0.5, 0.6) is 0 Å². The van der Waals surface area contributed by atoms with Crippen LogP contribution in [0.2, 0.25) is 0 Å². The minimum atomic E-state index is -0.0476. The zero-order chi connectivity index (χ0) is 14.1. The quantitative estimate of drug-likeness (QED) is 0.702. The highest BCUT2D eigenvalue weighted by atomic mass is 16.5. The zero-order valence-corrected chi connectivity index (χ0v) is 11.3. The van der Waals surface area contributed by atoms with E-state index in [1.165, 1.54) is 0 Å². The normalized spacial score (nSPS) is 10.5. The average Bonchev–Trinajstić information content (AvgIpc) is 2.44. The number of methoxy groups -OCH3 is 1. The Balaban J connectivity index is 2.69. The number of hydrogen-bond acceptors (Lipinski definition) is 4. The van der Waals surface area contributed by atoms with Crippen LogP contribution in [0.4, 0.5) is 0 Å². The van der Waals surface area contributed by atoms with E-state index in [0.29, 0.717) is 32.7 Å². The lowest BCUT2D eigenvalue weighted by atomic mass is 10.0. The highest BCUT2D eigenvalue weighted by Gasteiger charge is 2.14. The first kappa shape index (κ1) is 15.6. The number of aliphatic hydroxyl groups is 1. The van der Waals surface area contributed by atoms with Gasteiger partial charge in [0.25, 0.3) is 0 Å². The Morgan fingerprint density at radius 1 is 1.32 bits per heavy atom. The molecule has 1 aromatic rings. The van der Waals surface area contributed by atoms with Crippen molar-refractivity contribution in [3.63, 3.8) is 0 Å². The van der Waals surface area contributed by atoms with Gasteiger partial charge in [0.2, 0.25) is 5.91 Å². The van der Waals surface area contributed by atoms with Crippen molar-refractivity contribution in [1.29, 1.82) is 0 Å². The number of rotatable bonds is 8. The van der Waals surface area contributed by atoms with Gasteiger partial charge in [-0.1, -0.05) is 24.3 Å². The van der Waals surface area contributed by atoms with Gasteiger partial charge in [0, 0.05) is 26.7 Å². The molecule has 0 unspecified atom stereocenters. The van der Waals surface area contributed by atoms with Gasteiger partial charge in [0.05, 0.1) is 19.6 Å². The number of aliphatic hydroxyl groups excluding tert-OH is 1. The van der Waals surface area contributed by atoms with Crippen LogP contribution in [0.1, 0.15) is 11.1 Å². The zero-order valence-electron chi connectivity index (χ0n) is 11.3. The van der Waals surface area contributed by atoms with Crippen molar-refractivity contribution in [3.8, 4) is 0 Å². The van der Waals surface area contributed by atoms with E-state index in [4.69, 9.17) is 15.6 Å². The van der Waals surface area contributed by atoms with Gasteiger partial charge in [-0.2, -0.15) is 0 Å². The number of benzene rings is 1. The molecule has 0 aliphatic heterocycles. The Bertz CT molecular complexity index is 396. The summed E-state index contributed by atoms with van der Waals surface area (Å²) in [7, 11) is 1.59. The third-order valence-electron chi connectivity index (χ3n) is 2.97. The van der Waals surface area contributed by atoms with E-state index in [-0.39, 0.29) is 12.5 Å². The Morgan fingerprint density at radius 2 is 2.00 bits per heavy atom. The summed E-state index contributed by atoms with van der Waals surface area (Å²) in [5.74, 6) is -0.0213. The van der Waals surface area contributed by atoms with Crippen molar-refractivity contribution in [1.82, 2.24) is 4.90 Å². The van der Waals surface area contributed by atoms with Crippen LogP contribution in [-0.2, 0) is 22.5 Å². The number of nitrogens with zero attached hydrogens (tertiary/aromatic N) is 1. The van der Waals surface area contributed by atoms with E-state index >= 15 is 0 Å². The maximum Gasteiger partial charge on any atom is 0.227 e. The third kappa shape index (κ3) is 4.98. The molecule has 0 fully saturated rings. The van der Waals surface area contributed by atoms with Gasteiger partial charge in [0.15, 0.2) is 0 Å². The van der Waals surface area contributed by atoms with Crippen molar-refractivity contribution in [3.05, 3.63) is 35.4 Å². The molecule has 1 rings (SSSR count). The third-order valence-corrected chi connectivity index (χ3v) is 2.97. The van der Waals surface area contributed by atoms with Crippen LogP contribution in [-0.4, -0.2) is 49.3 Å². The summed E-state index contributed by atoms with van der Waals surface area (Å²) >= 11 is 0. The summed E-state index contributed by atoms with van der Waals surface area (Å²) in [4.78, 5) is 13.8. The number of ether oxygens (including phenoxy) is 1. The number of amides is 1. The molecule has 19 heavy (non-hydrogen) atoms. The molecule has 5 heteroatoms. The van der Waals surface area contributed by atoms with Crippen molar-refractivity contribution < 1.29 is 14.6 Å². The van der Waals surface area contributed by atoms with Gasteiger partial charge in [0.1, 0.15) is 0 Å². The van der Waals surface area contributed by atoms with Gasteiger partial charge in [-0.15, -0.1) is 0 Å². The molecule has 1 aromatic carbocycles. The largest absolute Gasteiger partial charge is 0.395 e. The summed E-state index contributed by atoms with van der Waals surface area (Å²) in [5, 5.41) is 9.00. The van der Waals surface area contributed by atoms with Crippen molar-refractivity contribution >= 4 is 5.91 Å². The van der Waals surface area contributed by atoms with Crippen molar-refractivity contribution in [2.24, 2.45) is 5.73 Å². The lowest BCUT2D eigenvalue weighted by Crippen LogP contribution is -2.37. The molecular weight excluding hydrogens is 244 g/mol.